The lowest BCUT2D eigenvalue weighted by atomic mass is 10.0. The number of nitrogens with one attached hydrogen (secondary N) is 2. The van der Waals surface area contributed by atoms with Crippen molar-refractivity contribution in [1.82, 2.24) is 9.55 Å². The summed E-state index contributed by atoms with van der Waals surface area (Å²) < 4.78 is 1.50. The zero-order valence-corrected chi connectivity index (χ0v) is 26.1. The van der Waals surface area contributed by atoms with Crippen molar-refractivity contribution < 1.29 is 9.90 Å². The average molecular weight is 601 g/mol. The first kappa shape index (κ1) is 30.3. The fourth-order valence-electron chi connectivity index (χ4n) is 5.57. The highest BCUT2D eigenvalue weighted by molar-refractivity contribution is 7.14. The topological polar surface area (TPSA) is 126 Å². The van der Waals surface area contributed by atoms with Gasteiger partial charge in [0.05, 0.1) is 28.0 Å². The Balaban J connectivity index is 1.39. The van der Waals surface area contributed by atoms with Crippen molar-refractivity contribution in [3.63, 3.8) is 0 Å². The van der Waals surface area contributed by atoms with Gasteiger partial charge >= 0.3 is 0 Å². The standard InChI is InChI=1S/C33H40N6O3S/c1-5-8-21-17-30(43-29(21)6-2)32(41)37-26-10-7-9-24(20(26)3)27-19-38(4)33(42)31(36-27)35-22-11-12-28(25(34)18-22)39-15-13-23(40)14-16-39/h7,9-12,17-19,23,40H,5-6,8,13-16,34H2,1-4H3,(H,35,36)(H,37,41). The average Bonchev–Trinajstić information content (AvgIpc) is 3.40. The molecule has 4 aromatic rings. The van der Waals surface area contributed by atoms with Crippen LogP contribution in [-0.4, -0.2) is 39.8 Å². The number of anilines is 5. The van der Waals surface area contributed by atoms with Crippen molar-refractivity contribution in [2.24, 2.45) is 7.05 Å². The number of aliphatic hydroxyl groups is 1. The number of piperidine rings is 1. The van der Waals surface area contributed by atoms with E-state index in [1.807, 2.05) is 43.3 Å². The lowest BCUT2D eigenvalue weighted by Crippen LogP contribution is -2.36. The van der Waals surface area contributed by atoms with Gasteiger partial charge in [-0.25, -0.2) is 4.98 Å². The third-order valence-electron chi connectivity index (χ3n) is 7.99. The summed E-state index contributed by atoms with van der Waals surface area (Å²) in [5.74, 6) is 0.0519. The SMILES string of the molecule is CCCc1cc(C(=O)Nc2cccc(-c3cn(C)c(=O)c(Nc4ccc(N5CCC(O)CC5)c(N)c4)n3)c2C)sc1CC. The highest BCUT2D eigenvalue weighted by atomic mass is 32.1. The minimum absolute atomic E-state index is 0.125. The molecule has 1 aliphatic rings. The van der Waals surface area contributed by atoms with Crippen LogP contribution in [0.3, 0.4) is 0 Å². The molecular weight excluding hydrogens is 560 g/mol. The number of benzene rings is 2. The van der Waals surface area contributed by atoms with Gasteiger partial charge in [-0.15, -0.1) is 11.3 Å². The van der Waals surface area contributed by atoms with Crippen molar-refractivity contribution in [3.8, 4) is 11.3 Å². The Kier molecular flexibility index (Phi) is 9.17. The number of aliphatic hydroxyl groups excluding tert-OH is 1. The first-order valence-electron chi connectivity index (χ1n) is 14.9. The maximum absolute atomic E-state index is 13.2. The normalized spacial score (nSPS) is 13.7. The number of amides is 1. The quantitative estimate of drug-likeness (QED) is 0.177. The monoisotopic (exact) mass is 600 g/mol. The molecule has 1 amide bonds. The number of nitrogen functional groups attached to an aromatic ring is 1. The van der Waals surface area contributed by atoms with Crippen molar-refractivity contribution >= 4 is 45.8 Å². The molecule has 5 rings (SSSR count). The molecule has 1 aliphatic heterocycles. The number of hydrogen-bond acceptors (Lipinski definition) is 8. The Bertz CT molecular complexity index is 1690. The summed E-state index contributed by atoms with van der Waals surface area (Å²) >= 11 is 1.56. The van der Waals surface area contributed by atoms with Crippen LogP contribution < -0.4 is 26.8 Å². The number of hydrogen-bond donors (Lipinski definition) is 4. The second-order valence-electron chi connectivity index (χ2n) is 11.1. The van der Waals surface area contributed by atoms with Crippen molar-refractivity contribution in [2.75, 3.05) is 34.4 Å². The van der Waals surface area contributed by atoms with Gasteiger partial charge in [0.15, 0.2) is 5.82 Å². The first-order valence-corrected chi connectivity index (χ1v) is 15.7. The van der Waals surface area contributed by atoms with Crippen LogP contribution >= 0.6 is 11.3 Å². The molecule has 0 atom stereocenters. The van der Waals surface area contributed by atoms with Gasteiger partial charge in [-0.3, -0.25) is 9.59 Å². The molecule has 226 valence electrons. The second kappa shape index (κ2) is 13.0. The summed E-state index contributed by atoms with van der Waals surface area (Å²) in [6.07, 6.45) is 5.79. The van der Waals surface area contributed by atoms with E-state index in [2.05, 4.69) is 29.4 Å². The van der Waals surface area contributed by atoms with Gasteiger partial charge in [0.25, 0.3) is 11.5 Å². The Hall–Kier alpha value is -4.15. The van der Waals surface area contributed by atoms with Crippen molar-refractivity contribution in [2.45, 2.75) is 59.0 Å². The van der Waals surface area contributed by atoms with Crippen LogP contribution in [0.5, 0.6) is 0 Å². The van der Waals surface area contributed by atoms with Gasteiger partial charge in [0, 0.05) is 48.1 Å². The molecule has 5 N–H and O–H groups in total. The van der Waals surface area contributed by atoms with Gasteiger partial charge in [0.1, 0.15) is 0 Å². The van der Waals surface area contributed by atoms with Gasteiger partial charge in [-0.2, -0.15) is 0 Å². The minimum Gasteiger partial charge on any atom is -0.397 e. The van der Waals surface area contributed by atoms with Crippen LogP contribution in [0.4, 0.5) is 28.6 Å². The summed E-state index contributed by atoms with van der Waals surface area (Å²) in [7, 11) is 1.69. The Morgan fingerprint density at radius 3 is 2.63 bits per heavy atom. The summed E-state index contributed by atoms with van der Waals surface area (Å²) in [5, 5.41) is 16.1. The van der Waals surface area contributed by atoms with Crippen LogP contribution in [0.25, 0.3) is 11.3 Å². The smallest absolute Gasteiger partial charge is 0.293 e. The summed E-state index contributed by atoms with van der Waals surface area (Å²) in [5.41, 5.74) is 12.5. The number of carbonyl (C=O) groups is 1. The predicted octanol–water partition coefficient (Wildman–Crippen LogP) is 5.87. The Morgan fingerprint density at radius 1 is 1.16 bits per heavy atom. The van der Waals surface area contributed by atoms with Crippen LogP contribution in [-0.2, 0) is 19.9 Å². The molecule has 43 heavy (non-hydrogen) atoms. The number of nitrogens with two attached hydrogens (primary N) is 1. The maximum atomic E-state index is 13.2. The van der Waals surface area contributed by atoms with Crippen molar-refractivity contribution in [1.29, 1.82) is 0 Å². The van der Waals surface area contributed by atoms with Crippen LogP contribution in [0.2, 0.25) is 0 Å². The van der Waals surface area contributed by atoms with E-state index in [1.54, 1.807) is 30.6 Å². The zero-order valence-electron chi connectivity index (χ0n) is 25.2. The van der Waals surface area contributed by atoms with E-state index in [0.29, 0.717) is 40.5 Å². The number of rotatable bonds is 9. The maximum Gasteiger partial charge on any atom is 0.293 e. The largest absolute Gasteiger partial charge is 0.397 e. The predicted molar refractivity (Wildman–Crippen MR) is 177 cm³/mol. The number of aromatic nitrogens is 2. The van der Waals surface area contributed by atoms with E-state index in [0.717, 1.165) is 49.2 Å². The number of thiophene rings is 1. The molecule has 9 nitrogen and oxygen atoms in total. The van der Waals surface area contributed by atoms with Gasteiger partial charge in [-0.05, 0) is 74.1 Å². The summed E-state index contributed by atoms with van der Waals surface area (Å²) in [4.78, 5) is 35.1. The molecule has 0 aliphatic carbocycles. The fourth-order valence-corrected chi connectivity index (χ4v) is 6.62. The van der Waals surface area contributed by atoms with E-state index >= 15 is 0 Å². The fraction of sp³-hybridized carbons (Fsp3) is 0.364. The van der Waals surface area contributed by atoms with E-state index in [4.69, 9.17) is 10.7 Å². The van der Waals surface area contributed by atoms with Gasteiger partial charge in [0.2, 0.25) is 0 Å². The minimum atomic E-state index is -0.272. The van der Waals surface area contributed by atoms with E-state index in [9.17, 15) is 14.7 Å². The molecule has 0 unspecified atom stereocenters. The van der Waals surface area contributed by atoms with Crippen LogP contribution in [0, 0.1) is 6.92 Å². The van der Waals surface area contributed by atoms with E-state index in [-0.39, 0.29) is 23.4 Å². The molecule has 1 fully saturated rings. The number of carbonyl (C=O) groups excluding carboxylic acids is 1. The summed E-state index contributed by atoms with van der Waals surface area (Å²) in [6.45, 7) is 7.70. The van der Waals surface area contributed by atoms with Gasteiger partial charge < -0.3 is 30.9 Å². The molecule has 0 bridgehead atoms. The number of aryl methyl sites for hydroxylation is 3. The number of nitrogens with zero attached hydrogens (tertiary/aromatic N) is 3. The molecule has 1 saturated heterocycles. The highest BCUT2D eigenvalue weighted by Crippen LogP contribution is 2.32. The molecule has 2 aromatic heterocycles. The third-order valence-corrected chi connectivity index (χ3v) is 9.31. The zero-order chi connectivity index (χ0) is 30.7. The van der Waals surface area contributed by atoms with Gasteiger partial charge in [-0.1, -0.05) is 32.4 Å². The molecule has 3 heterocycles. The second-order valence-corrected chi connectivity index (χ2v) is 12.2. The first-order chi connectivity index (χ1) is 20.7. The Labute approximate surface area is 256 Å². The van der Waals surface area contributed by atoms with Crippen molar-refractivity contribution in [3.05, 3.63) is 79.9 Å². The summed E-state index contributed by atoms with van der Waals surface area (Å²) in [6, 6.07) is 13.3. The molecule has 0 saturated carbocycles. The molecule has 0 radical (unpaired) electrons. The molecule has 10 heteroatoms. The van der Waals surface area contributed by atoms with Crippen LogP contribution in [0.15, 0.2) is 53.5 Å². The highest BCUT2D eigenvalue weighted by Gasteiger charge is 2.20. The lowest BCUT2D eigenvalue weighted by molar-refractivity contribution is 0.103. The molecule has 2 aromatic carbocycles. The lowest BCUT2D eigenvalue weighted by Gasteiger charge is -2.32. The molecular formula is C33H40N6O3S. The Morgan fingerprint density at radius 2 is 1.93 bits per heavy atom. The van der Waals surface area contributed by atoms with Crippen LogP contribution in [0.1, 0.15) is 58.8 Å². The molecule has 0 spiro atoms. The van der Waals surface area contributed by atoms with E-state index in [1.165, 1.54) is 15.0 Å². The third kappa shape index (κ3) is 6.60. The van der Waals surface area contributed by atoms with E-state index < -0.39 is 0 Å².